The lowest BCUT2D eigenvalue weighted by atomic mass is 10.2. The van der Waals surface area contributed by atoms with E-state index in [0.29, 0.717) is 12.2 Å². The first kappa shape index (κ1) is 16.8. The lowest BCUT2D eigenvalue weighted by Crippen LogP contribution is -2.12. The predicted octanol–water partition coefficient (Wildman–Crippen LogP) is 2.61. The molecule has 24 heavy (non-hydrogen) atoms. The molecule has 2 heterocycles. The standard InChI is InChI=1S/C15H18F2N4O2S/c16-15(17)24(22,23)12-7-5-11(6-8-12)18-10-14-20-19-13-4-2-1-3-9-21(13)14/h5-8,15,18H,1-4,9-10H2. The molecule has 0 amide bonds. The molecule has 1 aliphatic rings. The topological polar surface area (TPSA) is 76.9 Å². The summed E-state index contributed by atoms with van der Waals surface area (Å²) < 4.78 is 49.9. The van der Waals surface area contributed by atoms with Gasteiger partial charge in [-0.15, -0.1) is 10.2 Å². The van der Waals surface area contributed by atoms with Gasteiger partial charge < -0.3 is 9.88 Å². The van der Waals surface area contributed by atoms with Gasteiger partial charge in [-0.25, -0.2) is 8.42 Å². The van der Waals surface area contributed by atoms with Gasteiger partial charge in [-0.05, 0) is 37.1 Å². The molecule has 6 nitrogen and oxygen atoms in total. The number of benzene rings is 1. The van der Waals surface area contributed by atoms with E-state index in [1.165, 1.54) is 30.7 Å². The van der Waals surface area contributed by atoms with Crippen molar-refractivity contribution in [2.45, 2.75) is 49.4 Å². The van der Waals surface area contributed by atoms with Crippen molar-refractivity contribution in [3.8, 4) is 0 Å². The second-order valence-corrected chi connectivity index (χ2v) is 7.60. The van der Waals surface area contributed by atoms with E-state index in [1.54, 1.807) is 0 Å². The summed E-state index contributed by atoms with van der Waals surface area (Å²) in [4.78, 5) is -0.389. The summed E-state index contributed by atoms with van der Waals surface area (Å²) in [6.45, 7) is 1.33. The van der Waals surface area contributed by atoms with Crippen LogP contribution in [-0.2, 0) is 29.3 Å². The molecule has 0 unspecified atom stereocenters. The number of nitrogens with zero attached hydrogens (tertiary/aromatic N) is 3. The van der Waals surface area contributed by atoms with Crippen molar-refractivity contribution in [2.24, 2.45) is 0 Å². The molecule has 0 spiro atoms. The molecule has 0 aliphatic carbocycles. The fourth-order valence-electron chi connectivity index (χ4n) is 2.72. The molecule has 130 valence electrons. The van der Waals surface area contributed by atoms with E-state index >= 15 is 0 Å². The molecule has 1 aromatic carbocycles. The number of aryl methyl sites for hydroxylation is 1. The first-order valence-electron chi connectivity index (χ1n) is 7.75. The molecule has 3 rings (SSSR count). The van der Waals surface area contributed by atoms with Crippen LogP contribution in [-0.4, -0.2) is 28.9 Å². The van der Waals surface area contributed by atoms with Crippen LogP contribution < -0.4 is 5.32 Å². The largest absolute Gasteiger partial charge is 0.378 e. The van der Waals surface area contributed by atoms with Crippen molar-refractivity contribution in [1.82, 2.24) is 14.8 Å². The highest BCUT2D eigenvalue weighted by Crippen LogP contribution is 2.21. The van der Waals surface area contributed by atoms with Gasteiger partial charge in [-0.3, -0.25) is 0 Å². The number of rotatable bonds is 5. The summed E-state index contributed by atoms with van der Waals surface area (Å²) in [5.74, 6) is -1.61. The van der Waals surface area contributed by atoms with Gasteiger partial charge in [0.1, 0.15) is 5.82 Å². The molecule has 0 bridgehead atoms. The van der Waals surface area contributed by atoms with Gasteiger partial charge in [0.05, 0.1) is 11.4 Å². The molecule has 2 aromatic rings. The van der Waals surface area contributed by atoms with Crippen LogP contribution in [0.25, 0.3) is 0 Å². The fraction of sp³-hybridized carbons (Fsp3) is 0.467. The molecule has 0 radical (unpaired) electrons. The van der Waals surface area contributed by atoms with Gasteiger partial charge in [0.2, 0.25) is 9.84 Å². The lowest BCUT2D eigenvalue weighted by molar-refractivity contribution is 0.234. The maximum Gasteiger partial charge on any atom is 0.341 e. The fourth-order valence-corrected chi connectivity index (χ4v) is 3.44. The third-order valence-electron chi connectivity index (χ3n) is 4.05. The monoisotopic (exact) mass is 356 g/mol. The number of fused-ring (bicyclic) bond motifs is 1. The Morgan fingerprint density at radius 2 is 1.88 bits per heavy atom. The van der Waals surface area contributed by atoms with Gasteiger partial charge in [0.25, 0.3) is 0 Å². The zero-order valence-corrected chi connectivity index (χ0v) is 13.8. The van der Waals surface area contributed by atoms with Crippen LogP contribution in [0, 0.1) is 0 Å². The Hall–Kier alpha value is -2.03. The molecule has 0 saturated heterocycles. The maximum atomic E-state index is 12.5. The Kier molecular flexibility index (Phi) is 4.79. The van der Waals surface area contributed by atoms with Crippen molar-refractivity contribution < 1.29 is 17.2 Å². The van der Waals surface area contributed by atoms with Gasteiger partial charge in [-0.2, -0.15) is 8.78 Å². The number of hydrogen-bond acceptors (Lipinski definition) is 5. The van der Waals surface area contributed by atoms with Crippen LogP contribution in [0.3, 0.4) is 0 Å². The third-order valence-corrected chi connectivity index (χ3v) is 5.45. The smallest absolute Gasteiger partial charge is 0.341 e. The van der Waals surface area contributed by atoms with E-state index in [0.717, 1.165) is 37.5 Å². The SMILES string of the molecule is O=S(=O)(c1ccc(NCc2nnc3n2CCCCC3)cc1)C(F)F. The Labute approximate surface area is 138 Å². The van der Waals surface area contributed by atoms with Gasteiger partial charge >= 0.3 is 5.76 Å². The highest BCUT2D eigenvalue weighted by atomic mass is 32.2. The maximum absolute atomic E-state index is 12.5. The number of sulfone groups is 1. The van der Waals surface area contributed by atoms with E-state index in [4.69, 9.17) is 0 Å². The average Bonchev–Trinajstić information content (AvgIpc) is 2.79. The average molecular weight is 356 g/mol. The summed E-state index contributed by atoms with van der Waals surface area (Å²) in [5, 5.41) is 11.5. The van der Waals surface area contributed by atoms with E-state index in [1.807, 2.05) is 0 Å². The minimum absolute atomic E-state index is 0.389. The van der Waals surface area contributed by atoms with E-state index in [9.17, 15) is 17.2 Å². The van der Waals surface area contributed by atoms with Crippen LogP contribution in [0.2, 0.25) is 0 Å². The van der Waals surface area contributed by atoms with E-state index in [-0.39, 0.29) is 4.90 Å². The minimum atomic E-state index is -4.56. The lowest BCUT2D eigenvalue weighted by Gasteiger charge is -2.10. The second kappa shape index (κ2) is 6.84. The number of nitrogens with one attached hydrogen (secondary N) is 1. The molecule has 1 N–H and O–H groups in total. The van der Waals surface area contributed by atoms with Gasteiger partial charge in [0, 0.05) is 18.7 Å². The Morgan fingerprint density at radius 1 is 1.12 bits per heavy atom. The van der Waals surface area contributed by atoms with Crippen molar-refractivity contribution in [1.29, 1.82) is 0 Å². The third kappa shape index (κ3) is 3.40. The number of alkyl halides is 2. The van der Waals surface area contributed by atoms with Crippen LogP contribution in [0.1, 0.15) is 30.9 Å². The van der Waals surface area contributed by atoms with Crippen molar-refractivity contribution in [3.05, 3.63) is 35.9 Å². The molecule has 0 atom stereocenters. The number of aromatic nitrogens is 3. The predicted molar refractivity (Wildman–Crippen MR) is 84.5 cm³/mol. The summed E-state index contributed by atoms with van der Waals surface area (Å²) in [6, 6.07) is 5.28. The number of halogens is 2. The highest BCUT2D eigenvalue weighted by molar-refractivity contribution is 7.91. The Bertz CT molecular complexity index is 803. The normalized spacial score (nSPS) is 15.1. The summed E-state index contributed by atoms with van der Waals surface area (Å²) in [6.07, 6.45) is 4.31. The summed E-state index contributed by atoms with van der Waals surface area (Å²) in [7, 11) is -4.56. The molecule has 1 aliphatic heterocycles. The first-order chi connectivity index (χ1) is 11.5. The van der Waals surface area contributed by atoms with Crippen molar-refractivity contribution in [2.75, 3.05) is 5.32 Å². The molecule has 0 saturated carbocycles. The number of anilines is 1. The van der Waals surface area contributed by atoms with Crippen LogP contribution in [0.15, 0.2) is 29.2 Å². The highest BCUT2D eigenvalue weighted by Gasteiger charge is 2.26. The molecule has 1 aromatic heterocycles. The minimum Gasteiger partial charge on any atom is -0.378 e. The zero-order valence-electron chi connectivity index (χ0n) is 13.0. The van der Waals surface area contributed by atoms with Crippen LogP contribution in [0.4, 0.5) is 14.5 Å². The van der Waals surface area contributed by atoms with Crippen LogP contribution in [0.5, 0.6) is 0 Å². The zero-order chi connectivity index (χ0) is 17.2. The van der Waals surface area contributed by atoms with Crippen molar-refractivity contribution in [3.63, 3.8) is 0 Å². The molecular weight excluding hydrogens is 338 g/mol. The van der Waals surface area contributed by atoms with E-state index < -0.39 is 15.6 Å². The first-order valence-corrected chi connectivity index (χ1v) is 9.30. The summed E-state index contributed by atoms with van der Waals surface area (Å²) in [5.41, 5.74) is 0.634. The van der Waals surface area contributed by atoms with Gasteiger partial charge in [0.15, 0.2) is 5.82 Å². The Balaban J connectivity index is 1.69. The van der Waals surface area contributed by atoms with Gasteiger partial charge in [-0.1, -0.05) is 6.42 Å². The van der Waals surface area contributed by atoms with Crippen molar-refractivity contribution >= 4 is 15.5 Å². The quantitative estimate of drug-likeness (QED) is 0.891. The molecule has 0 fully saturated rings. The Morgan fingerprint density at radius 3 is 2.58 bits per heavy atom. The second-order valence-electron chi connectivity index (χ2n) is 5.68. The molecular formula is C15H18F2N4O2S. The van der Waals surface area contributed by atoms with E-state index in [2.05, 4.69) is 20.1 Å². The molecule has 9 heteroatoms. The van der Waals surface area contributed by atoms with Crippen LogP contribution >= 0.6 is 0 Å². The number of hydrogen-bond donors (Lipinski definition) is 1. The summed E-state index contributed by atoms with van der Waals surface area (Å²) >= 11 is 0.